The molecule has 0 radical (unpaired) electrons. The van der Waals surface area contributed by atoms with Gasteiger partial charge in [-0.2, -0.15) is 13.2 Å². The van der Waals surface area contributed by atoms with Crippen LogP contribution >= 0.6 is 0 Å². The third kappa shape index (κ3) is 3.12. The largest absolute Gasteiger partial charge is 0.481 e. The molecule has 1 atom stereocenters. The molecule has 0 amide bonds. The molecule has 0 fully saturated rings. The highest BCUT2D eigenvalue weighted by Gasteiger charge is 2.36. The maximum Gasteiger partial charge on any atom is 0.431 e. The Kier molecular flexibility index (Phi) is 3.57. The Hall–Kier alpha value is -1.24. The predicted octanol–water partition coefficient (Wildman–Crippen LogP) is 0.626. The fraction of sp³-hybridized carbons (Fsp3) is 0.625. The Morgan fingerprint density at radius 3 is 2.73 bits per heavy atom. The average molecular weight is 223 g/mol. The third-order valence-corrected chi connectivity index (χ3v) is 1.89. The molecule has 0 aromatic carbocycles. The molecule has 0 saturated carbocycles. The SMILES string of the molecule is CNC1CN=C(OC)C=C(C(F)(F)F)N1. The second-order valence-electron chi connectivity index (χ2n) is 2.92. The maximum absolute atomic E-state index is 12.5. The van der Waals surface area contributed by atoms with Crippen LogP contribution in [0.1, 0.15) is 0 Å². The van der Waals surface area contributed by atoms with Gasteiger partial charge in [0.2, 0.25) is 5.90 Å². The summed E-state index contributed by atoms with van der Waals surface area (Å²) >= 11 is 0. The van der Waals surface area contributed by atoms with Gasteiger partial charge in [-0.15, -0.1) is 0 Å². The standard InChI is InChI=1S/C8H12F3N3O/c1-12-6-4-13-7(15-2)3-5(14-6)8(9,10)11/h3,6,12,14H,4H2,1-2H3. The van der Waals surface area contributed by atoms with Gasteiger partial charge in [0, 0.05) is 6.08 Å². The lowest BCUT2D eigenvalue weighted by molar-refractivity contribution is -0.0977. The predicted molar refractivity (Wildman–Crippen MR) is 49.4 cm³/mol. The highest BCUT2D eigenvalue weighted by molar-refractivity contribution is 5.88. The van der Waals surface area contributed by atoms with Gasteiger partial charge < -0.3 is 10.1 Å². The lowest BCUT2D eigenvalue weighted by atomic mass is 10.3. The topological polar surface area (TPSA) is 45.7 Å². The number of rotatable bonds is 1. The number of halogens is 3. The van der Waals surface area contributed by atoms with E-state index in [9.17, 15) is 13.2 Å². The Bertz CT molecular complexity index is 285. The first-order valence-electron chi connectivity index (χ1n) is 4.28. The van der Waals surface area contributed by atoms with Gasteiger partial charge in [0.1, 0.15) is 5.70 Å². The summed E-state index contributed by atoms with van der Waals surface area (Å²) in [7, 11) is 2.84. The summed E-state index contributed by atoms with van der Waals surface area (Å²) in [6.07, 6.45) is -4.14. The first-order chi connectivity index (χ1) is 6.97. The van der Waals surface area contributed by atoms with E-state index in [2.05, 4.69) is 15.6 Å². The molecule has 86 valence electrons. The summed E-state index contributed by atoms with van der Waals surface area (Å²) in [4.78, 5) is 3.85. The van der Waals surface area contributed by atoms with Gasteiger partial charge >= 0.3 is 6.18 Å². The number of alkyl halides is 3. The second kappa shape index (κ2) is 4.52. The lowest BCUT2D eigenvalue weighted by Gasteiger charge is -2.19. The van der Waals surface area contributed by atoms with Crippen LogP contribution in [-0.4, -0.2) is 38.9 Å². The minimum Gasteiger partial charge on any atom is -0.481 e. The molecular formula is C8H12F3N3O. The second-order valence-corrected chi connectivity index (χ2v) is 2.92. The van der Waals surface area contributed by atoms with Gasteiger partial charge in [-0.1, -0.05) is 0 Å². The fourth-order valence-corrected chi connectivity index (χ4v) is 1.08. The molecule has 0 spiro atoms. The Labute approximate surface area is 85.2 Å². The van der Waals surface area contributed by atoms with Gasteiger partial charge in [0.05, 0.1) is 19.8 Å². The van der Waals surface area contributed by atoms with Crippen molar-refractivity contribution >= 4 is 5.90 Å². The minimum atomic E-state index is -4.43. The summed E-state index contributed by atoms with van der Waals surface area (Å²) in [6.45, 7) is 0.176. The number of allylic oxidation sites excluding steroid dienone is 1. The highest BCUT2D eigenvalue weighted by Crippen LogP contribution is 2.24. The van der Waals surface area contributed by atoms with E-state index in [1.807, 2.05) is 0 Å². The first-order valence-corrected chi connectivity index (χ1v) is 4.28. The molecule has 0 bridgehead atoms. The van der Waals surface area contributed by atoms with Crippen molar-refractivity contribution in [2.75, 3.05) is 20.7 Å². The molecular weight excluding hydrogens is 211 g/mol. The molecule has 0 aliphatic carbocycles. The van der Waals surface area contributed by atoms with E-state index in [0.29, 0.717) is 0 Å². The van der Waals surface area contributed by atoms with Crippen LogP contribution in [0.25, 0.3) is 0 Å². The maximum atomic E-state index is 12.5. The summed E-state index contributed by atoms with van der Waals surface area (Å²) in [5, 5.41) is 4.98. The molecule has 1 aliphatic heterocycles. The number of ether oxygens (including phenoxy) is 1. The summed E-state index contributed by atoms with van der Waals surface area (Å²) in [5.74, 6) is -0.0347. The number of methoxy groups -OCH3 is 1. The van der Waals surface area contributed by atoms with Gasteiger partial charge in [0.15, 0.2) is 0 Å². The summed E-state index contributed by atoms with van der Waals surface area (Å²) < 4.78 is 42.1. The third-order valence-electron chi connectivity index (χ3n) is 1.89. The first kappa shape index (κ1) is 11.8. The van der Waals surface area contributed by atoms with Crippen molar-refractivity contribution in [1.29, 1.82) is 0 Å². The van der Waals surface area contributed by atoms with E-state index >= 15 is 0 Å². The molecule has 1 heterocycles. The minimum absolute atomic E-state index is 0.0347. The lowest BCUT2D eigenvalue weighted by Crippen LogP contribution is -2.44. The van der Waals surface area contributed by atoms with Crippen LogP contribution in [-0.2, 0) is 4.74 Å². The zero-order valence-corrected chi connectivity index (χ0v) is 8.35. The van der Waals surface area contributed by atoms with Crippen LogP contribution in [0.4, 0.5) is 13.2 Å². The van der Waals surface area contributed by atoms with Crippen LogP contribution in [0, 0.1) is 0 Å². The Morgan fingerprint density at radius 1 is 1.60 bits per heavy atom. The van der Waals surface area contributed by atoms with Crippen LogP contribution in [0.2, 0.25) is 0 Å². The summed E-state index contributed by atoms with van der Waals surface area (Å²) in [5.41, 5.74) is -0.861. The number of aliphatic imine (C=N–C) groups is 1. The van der Waals surface area contributed by atoms with E-state index < -0.39 is 18.0 Å². The zero-order chi connectivity index (χ0) is 11.5. The van der Waals surface area contributed by atoms with Crippen LogP contribution in [0.15, 0.2) is 16.8 Å². The highest BCUT2D eigenvalue weighted by atomic mass is 19.4. The van der Waals surface area contributed by atoms with E-state index in [-0.39, 0.29) is 12.4 Å². The molecule has 7 heteroatoms. The molecule has 0 aromatic rings. The number of likely N-dealkylation sites (N-methyl/N-ethyl adjacent to an activating group) is 1. The van der Waals surface area contributed by atoms with E-state index in [1.165, 1.54) is 7.11 Å². The van der Waals surface area contributed by atoms with E-state index in [0.717, 1.165) is 6.08 Å². The summed E-state index contributed by atoms with van der Waals surface area (Å²) in [6, 6.07) is 0. The number of nitrogens with one attached hydrogen (secondary N) is 2. The monoisotopic (exact) mass is 223 g/mol. The Balaban J connectivity index is 2.93. The van der Waals surface area contributed by atoms with Crippen LogP contribution in [0.3, 0.4) is 0 Å². The zero-order valence-electron chi connectivity index (χ0n) is 8.35. The normalized spacial score (nSPS) is 22.3. The molecule has 1 rings (SSSR count). The van der Waals surface area contributed by atoms with Crippen LogP contribution in [0.5, 0.6) is 0 Å². The van der Waals surface area contributed by atoms with Crippen molar-refractivity contribution in [2.45, 2.75) is 12.3 Å². The molecule has 0 aromatic heterocycles. The molecule has 4 nitrogen and oxygen atoms in total. The molecule has 1 unspecified atom stereocenters. The van der Waals surface area contributed by atoms with Crippen molar-refractivity contribution in [3.05, 3.63) is 11.8 Å². The van der Waals surface area contributed by atoms with E-state index in [1.54, 1.807) is 7.05 Å². The molecule has 0 saturated heterocycles. The number of nitrogens with zero attached hydrogens (tertiary/aromatic N) is 1. The molecule has 15 heavy (non-hydrogen) atoms. The number of hydrogen-bond acceptors (Lipinski definition) is 4. The van der Waals surface area contributed by atoms with E-state index in [4.69, 9.17) is 4.74 Å². The van der Waals surface area contributed by atoms with Gasteiger partial charge in [-0.3, -0.25) is 5.32 Å². The molecule has 2 N–H and O–H groups in total. The van der Waals surface area contributed by atoms with Gasteiger partial charge in [-0.25, -0.2) is 4.99 Å². The van der Waals surface area contributed by atoms with Crippen molar-refractivity contribution in [3.63, 3.8) is 0 Å². The van der Waals surface area contributed by atoms with Crippen molar-refractivity contribution in [1.82, 2.24) is 10.6 Å². The number of hydrogen-bond donors (Lipinski definition) is 2. The van der Waals surface area contributed by atoms with Gasteiger partial charge in [0.25, 0.3) is 0 Å². The Morgan fingerprint density at radius 2 is 2.27 bits per heavy atom. The van der Waals surface area contributed by atoms with Crippen molar-refractivity contribution in [2.24, 2.45) is 4.99 Å². The smallest absolute Gasteiger partial charge is 0.431 e. The molecule has 1 aliphatic rings. The van der Waals surface area contributed by atoms with Crippen molar-refractivity contribution < 1.29 is 17.9 Å². The van der Waals surface area contributed by atoms with Crippen molar-refractivity contribution in [3.8, 4) is 0 Å². The quantitative estimate of drug-likeness (QED) is 0.685. The average Bonchev–Trinajstić information content (AvgIpc) is 2.38. The van der Waals surface area contributed by atoms with Gasteiger partial charge in [-0.05, 0) is 7.05 Å². The fourth-order valence-electron chi connectivity index (χ4n) is 1.08. The van der Waals surface area contributed by atoms with Crippen LogP contribution < -0.4 is 10.6 Å².